The predicted molar refractivity (Wildman–Crippen MR) is 140 cm³/mol. The number of alkyl halides is 3. The molecule has 0 radical (unpaired) electrons. The van der Waals surface area contributed by atoms with Crippen LogP contribution in [0.5, 0.6) is 0 Å². The summed E-state index contributed by atoms with van der Waals surface area (Å²) in [6.07, 6.45) is 1.36. The summed E-state index contributed by atoms with van der Waals surface area (Å²) < 4.78 is 38.5. The highest BCUT2D eigenvalue weighted by atomic mass is 19.4. The number of carbonyl (C=O) groups is 2. The van der Waals surface area contributed by atoms with Gasteiger partial charge in [0.05, 0.1) is 16.9 Å². The van der Waals surface area contributed by atoms with Crippen molar-refractivity contribution in [1.82, 2.24) is 4.90 Å². The second kappa shape index (κ2) is 14.3. The molecule has 0 heterocycles. The summed E-state index contributed by atoms with van der Waals surface area (Å²) in [4.78, 5) is 34.6. The molecule has 0 saturated heterocycles. The molecule has 9 heteroatoms. The van der Waals surface area contributed by atoms with Crippen LogP contribution in [0.25, 0.3) is 0 Å². The normalized spacial score (nSPS) is 12.1. The summed E-state index contributed by atoms with van der Waals surface area (Å²) in [5.74, 6) is -0.640. The Bertz CT molecular complexity index is 1090. The number of unbranched alkanes of at least 4 members (excludes halogenated alkanes) is 2. The predicted octanol–water partition coefficient (Wildman–Crippen LogP) is 7.31. The Hall–Kier alpha value is -3.49. The van der Waals surface area contributed by atoms with Crippen LogP contribution in [0.15, 0.2) is 52.4 Å². The van der Waals surface area contributed by atoms with E-state index in [-0.39, 0.29) is 12.3 Å². The van der Waals surface area contributed by atoms with Crippen molar-refractivity contribution < 1.29 is 27.9 Å². The molecule has 2 aromatic carbocycles. The lowest BCUT2D eigenvalue weighted by Gasteiger charge is -2.24. The average molecular weight is 518 g/mol. The van der Waals surface area contributed by atoms with E-state index in [1.165, 1.54) is 18.3 Å². The van der Waals surface area contributed by atoms with Crippen molar-refractivity contribution in [3.05, 3.63) is 59.2 Å². The van der Waals surface area contributed by atoms with E-state index in [4.69, 9.17) is 5.11 Å². The number of hydrogen-bond donors (Lipinski definition) is 1. The van der Waals surface area contributed by atoms with Gasteiger partial charge in [0.1, 0.15) is 0 Å². The first-order chi connectivity index (χ1) is 17.5. The van der Waals surface area contributed by atoms with Crippen molar-refractivity contribution in [3.8, 4) is 0 Å². The fourth-order valence-electron chi connectivity index (χ4n) is 3.62. The van der Waals surface area contributed by atoms with Crippen LogP contribution in [-0.2, 0) is 11.0 Å². The number of hydrogen-bond acceptors (Lipinski definition) is 4. The number of rotatable bonds is 13. The van der Waals surface area contributed by atoms with Gasteiger partial charge in [-0.15, -0.1) is 0 Å². The Morgan fingerprint density at radius 3 is 2.32 bits per heavy atom. The van der Waals surface area contributed by atoms with Gasteiger partial charge >= 0.3 is 12.1 Å². The number of aliphatic carboxylic acids is 1. The number of carboxylic acid groups (broad SMARTS) is 1. The molecule has 0 aliphatic carbocycles. The van der Waals surface area contributed by atoms with Crippen molar-refractivity contribution >= 4 is 35.7 Å². The Balaban J connectivity index is 2.31. The standard InChI is InChI=1S/C28H34F3N3O3/c1-4-16-34(19-20(2)3)27(37)22-11-14-24(25(17-22)32-15-7-5-6-8-26(35)36)33-18-21-9-12-23(13-10-21)28(29,30)31/h9-15,17-18,20H,4-8,16,19H2,1-3H3,(H,35,36). The van der Waals surface area contributed by atoms with Crippen LogP contribution < -0.4 is 0 Å². The van der Waals surface area contributed by atoms with Gasteiger partial charge in [-0.05, 0) is 67.5 Å². The summed E-state index contributed by atoms with van der Waals surface area (Å²) in [7, 11) is 0. The van der Waals surface area contributed by atoms with Crippen molar-refractivity contribution in [2.75, 3.05) is 13.1 Å². The van der Waals surface area contributed by atoms with Gasteiger partial charge in [0.15, 0.2) is 0 Å². The largest absolute Gasteiger partial charge is 0.481 e. The monoisotopic (exact) mass is 517 g/mol. The molecule has 0 aromatic heterocycles. The second-order valence-electron chi connectivity index (χ2n) is 9.18. The fraction of sp³-hybridized carbons (Fsp3) is 0.429. The molecule has 6 nitrogen and oxygen atoms in total. The summed E-state index contributed by atoms with van der Waals surface area (Å²) >= 11 is 0. The van der Waals surface area contributed by atoms with Gasteiger partial charge < -0.3 is 10.0 Å². The van der Waals surface area contributed by atoms with E-state index in [1.54, 1.807) is 24.4 Å². The molecule has 200 valence electrons. The molecule has 0 aliphatic rings. The minimum Gasteiger partial charge on any atom is -0.481 e. The zero-order valence-corrected chi connectivity index (χ0v) is 21.5. The molecule has 0 fully saturated rings. The SMILES string of the molecule is CCCN(CC(C)C)C(=O)c1ccc(N=Cc2ccc(C(F)(F)F)cc2)c(N=CCCCCC(=O)O)c1. The highest BCUT2D eigenvalue weighted by Gasteiger charge is 2.29. The summed E-state index contributed by atoms with van der Waals surface area (Å²) in [5.41, 5.74) is 1.14. The molecule has 0 aliphatic heterocycles. The number of halogens is 3. The van der Waals surface area contributed by atoms with E-state index in [2.05, 4.69) is 23.8 Å². The van der Waals surface area contributed by atoms with E-state index in [0.717, 1.165) is 18.6 Å². The minimum absolute atomic E-state index is 0.0869. The van der Waals surface area contributed by atoms with E-state index in [9.17, 15) is 22.8 Å². The van der Waals surface area contributed by atoms with Crippen LogP contribution >= 0.6 is 0 Å². The maximum atomic E-state index is 13.2. The topological polar surface area (TPSA) is 82.3 Å². The Labute approximate surface area is 215 Å². The van der Waals surface area contributed by atoms with Gasteiger partial charge in [0, 0.05) is 37.5 Å². The van der Waals surface area contributed by atoms with E-state index in [1.807, 2.05) is 11.8 Å². The van der Waals surface area contributed by atoms with Gasteiger partial charge in [0.25, 0.3) is 5.91 Å². The summed E-state index contributed by atoms with van der Waals surface area (Å²) in [5, 5.41) is 8.77. The van der Waals surface area contributed by atoms with Crippen molar-refractivity contribution in [3.63, 3.8) is 0 Å². The smallest absolute Gasteiger partial charge is 0.416 e. The summed E-state index contributed by atoms with van der Waals surface area (Å²) in [6, 6.07) is 9.68. The molecule has 37 heavy (non-hydrogen) atoms. The van der Waals surface area contributed by atoms with E-state index < -0.39 is 17.7 Å². The van der Waals surface area contributed by atoms with Gasteiger partial charge in [-0.1, -0.05) is 32.9 Å². The number of nitrogens with zero attached hydrogens (tertiary/aromatic N) is 3. The van der Waals surface area contributed by atoms with E-state index >= 15 is 0 Å². The van der Waals surface area contributed by atoms with Crippen LogP contribution in [0, 0.1) is 5.92 Å². The third kappa shape index (κ3) is 10.2. The minimum atomic E-state index is -4.41. The second-order valence-corrected chi connectivity index (χ2v) is 9.18. The van der Waals surface area contributed by atoms with Gasteiger partial charge in [-0.25, -0.2) is 0 Å². The van der Waals surface area contributed by atoms with E-state index in [0.29, 0.717) is 60.8 Å². The third-order valence-corrected chi connectivity index (χ3v) is 5.38. The van der Waals surface area contributed by atoms with Gasteiger partial charge in [0.2, 0.25) is 0 Å². The van der Waals surface area contributed by atoms with Crippen LogP contribution in [0.4, 0.5) is 24.5 Å². The molecule has 0 saturated carbocycles. The molecular weight excluding hydrogens is 483 g/mol. The van der Waals surface area contributed by atoms with Crippen LogP contribution in [-0.4, -0.2) is 47.4 Å². The van der Waals surface area contributed by atoms with Gasteiger partial charge in [-0.3, -0.25) is 19.6 Å². The quantitative estimate of drug-likeness (QED) is 0.223. The van der Waals surface area contributed by atoms with Crippen LogP contribution in [0.2, 0.25) is 0 Å². The molecular formula is C28H34F3N3O3. The van der Waals surface area contributed by atoms with Crippen LogP contribution in [0.1, 0.15) is 74.4 Å². The number of aliphatic imine (C=N–C) groups is 2. The third-order valence-electron chi connectivity index (χ3n) is 5.38. The summed E-state index contributed by atoms with van der Waals surface area (Å²) in [6.45, 7) is 7.37. The maximum Gasteiger partial charge on any atom is 0.416 e. The molecule has 0 unspecified atom stereocenters. The number of carboxylic acids is 1. The lowest BCUT2D eigenvalue weighted by Crippen LogP contribution is -2.34. The average Bonchev–Trinajstić information content (AvgIpc) is 2.83. The number of amides is 1. The molecule has 2 aromatic rings. The fourth-order valence-corrected chi connectivity index (χ4v) is 3.62. The lowest BCUT2D eigenvalue weighted by atomic mass is 10.1. The zero-order chi connectivity index (χ0) is 27.4. The van der Waals surface area contributed by atoms with Crippen molar-refractivity contribution in [1.29, 1.82) is 0 Å². The van der Waals surface area contributed by atoms with Crippen molar-refractivity contribution in [2.24, 2.45) is 15.9 Å². The molecule has 1 N–H and O–H groups in total. The molecule has 0 atom stereocenters. The maximum absolute atomic E-state index is 13.2. The highest BCUT2D eigenvalue weighted by molar-refractivity contribution is 5.96. The molecule has 0 bridgehead atoms. The first kappa shape index (κ1) is 29.7. The van der Waals surface area contributed by atoms with Crippen LogP contribution in [0.3, 0.4) is 0 Å². The Morgan fingerprint density at radius 1 is 1.03 bits per heavy atom. The molecule has 1 amide bonds. The Kier molecular flexibility index (Phi) is 11.5. The lowest BCUT2D eigenvalue weighted by molar-refractivity contribution is -0.138. The zero-order valence-electron chi connectivity index (χ0n) is 21.5. The first-order valence-corrected chi connectivity index (χ1v) is 12.4. The van der Waals surface area contributed by atoms with Crippen molar-refractivity contribution in [2.45, 2.75) is 59.1 Å². The highest BCUT2D eigenvalue weighted by Crippen LogP contribution is 2.31. The number of carbonyl (C=O) groups excluding carboxylic acids is 1. The number of benzene rings is 2. The molecule has 2 rings (SSSR count). The first-order valence-electron chi connectivity index (χ1n) is 12.4. The molecule has 0 spiro atoms. The Morgan fingerprint density at radius 2 is 1.73 bits per heavy atom. The van der Waals surface area contributed by atoms with Gasteiger partial charge in [-0.2, -0.15) is 13.2 Å².